The molecule has 30 heavy (non-hydrogen) atoms. The van der Waals surface area contributed by atoms with Crippen LogP contribution in [-0.2, 0) is 30.7 Å². The van der Waals surface area contributed by atoms with Gasteiger partial charge in [0.1, 0.15) is 0 Å². The highest BCUT2D eigenvalue weighted by Crippen LogP contribution is 2.32. The van der Waals surface area contributed by atoms with Crippen LogP contribution < -0.4 is 9.47 Å². The van der Waals surface area contributed by atoms with Crippen molar-refractivity contribution in [3.63, 3.8) is 0 Å². The normalized spacial score (nSPS) is 12.0. The third kappa shape index (κ3) is 4.98. The van der Waals surface area contributed by atoms with Gasteiger partial charge >= 0.3 is 0 Å². The molecule has 0 spiro atoms. The molecule has 5 nitrogen and oxygen atoms in total. The Morgan fingerprint density at radius 1 is 0.933 bits per heavy atom. The molecular weight excluding hydrogens is 376 g/mol. The Morgan fingerprint density at radius 3 is 2.43 bits per heavy atom. The monoisotopic (exact) mass is 402 g/mol. The molecule has 1 aliphatic heterocycles. The van der Waals surface area contributed by atoms with Crippen molar-refractivity contribution in [2.45, 2.75) is 39.3 Å². The smallest absolute Gasteiger partial charge is 0.231 e. The van der Waals surface area contributed by atoms with Crippen LogP contribution in [0.1, 0.15) is 35.6 Å². The largest absolute Gasteiger partial charge is 0.454 e. The van der Waals surface area contributed by atoms with E-state index in [2.05, 4.69) is 36.2 Å². The van der Waals surface area contributed by atoms with Crippen LogP contribution in [-0.4, -0.2) is 22.6 Å². The van der Waals surface area contributed by atoms with Gasteiger partial charge in [-0.05, 0) is 53.3 Å². The molecule has 0 aliphatic carbocycles. The first-order valence-electron chi connectivity index (χ1n) is 10.3. The van der Waals surface area contributed by atoms with E-state index < -0.39 is 0 Å². The van der Waals surface area contributed by atoms with E-state index in [0.29, 0.717) is 25.9 Å². The summed E-state index contributed by atoms with van der Waals surface area (Å²) in [5, 5.41) is 0. The SMILES string of the molecule is CCc1ccc(CN(Cc2cccnc2)C(=O)CCc2ccc3c(c2)OCO3)cc1. The second-order valence-electron chi connectivity index (χ2n) is 7.47. The Balaban J connectivity index is 1.45. The maximum atomic E-state index is 13.1. The number of pyridine rings is 1. The number of aromatic nitrogens is 1. The summed E-state index contributed by atoms with van der Waals surface area (Å²) in [7, 11) is 0. The maximum Gasteiger partial charge on any atom is 0.231 e. The van der Waals surface area contributed by atoms with Gasteiger partial charge in [0.25, 0.3) is 0 Å². The van der Waals surface area contributed by atoms with Crippen molar-refractivity contribution in [1.29, 1.82) is 0 Å². The molecule has 0 radical (unpaired) electrons. The molecule has 5 heteroatoms. The molecule has 1 aliphatic rings. The quantitative estimate of drug-likeness (QED) is 0.555. The summed E-state index contributed by atoms with van der Waals surface area (Å²) in [6.45, 7) is 3.53. The molecule has 0 saturated heterocycles. The third-order valence-electron chi connectivity index (χ3n) is 5.32. The summed E-state index contributed by atoms with van der Waals surface area (Å²) in [6, 6.07) is 18.3. The van der Waals surface area contributed by atoms with Crippen molar-refractivity contribution >= 4 is 5.91 Å². The molecule has 154 valence electrons. The number of hydrogen-bond donors (Lipinski definition) is 0. The fraction of sp³-hybridized carbons (Fsp3) is 0.280. The summed E-state index contributed by atoms with van der Waals surface area (Å²) in [4.78, 5) is 19.2. The van der Waals surface area contributed by atoms with E-state index in [1.165, 1.54) is 5.56 Å². The molecule has 0 unspecified atom stereocenters. The van der Waals surface area contributed by atoms with Gasteiger partial charge in [-0.25, -0.2) is 0 Å². The average Bonchev–Trinajstić information content (AvgIpc) is 3.26. The molecule has 1 amide bonds. The van der Waals surface area contributed by atoms with Crippen LogP contribution in [0.3, 0.4) is 0 Å². The zero-order chi connectivity index (χ0) is 20.8. The third-order valence-corrected chi connectivity index (χ3v) is 5.32. The molecule has 0 saturated carbocycles. The number of carbonyl (C=O) groups is 1. The number of aryl methyl sites for hydroxylation is 2. The van der Waals surface area contributed by atoms with Crippen LogP contribution in [0.5, 0.6) is 11.5 Å². The zero-order valence-corrected chi connectivity index (χ0v) is 17.2. The Labute approximate surface area is 177 Å². The van der Waals surface area contributed by atoms with Gasteiger partial charge in [0.05, 0.1) is 0 Å². The fourth-order valence-electron chi connectivity index (χ4n) is 3.55. The lowest BCUT2D eigenvalue weighted by Crippen LogP contribution is -2.30. The molecule has 0 fully saturated rings. The van der Waals surface area contributed by atoms with Crippen LogP contribution in [0.2, 0.25) is 0 Å². The van der Waals surface area contributed by atoms with Gasteiger partial charge in [-0.2, -0.15) is 0 Å². The Morgan fingerprint density at radius 2 is 1.67 bits per heavy atom. The van der Waals surface area contributed by atoms with Gasteiger partial charge < -0.3 is 14.4 Å². The Hall–Kier alpha value is -3.34. The van der Waals surface area contributed by atoms with E-state index in [-0.39, 0.29) is 12.7 Å². The predicted octanol–water partition coefficient (Wildman–Crippen LogP) is 4.53. The first-order valence-corrected chi connectivity index (χ1v) is 10.3. The molecule has 2 heterocycles. The highest BCUT2D eigenvalue weighted by molar-refractivity contribution is 5.76. The first-order chi connectivity index (χ1) is 14.7. The van der Waals surface area contributed by atoms with E-state index in [9.17, 15) is 4.79 Å². The van der Waals surface area contributed by atoms with E-state index in [0.717, 1.165) is 34.6 Å². The second-order valence-corrected chi connectivity index (χ2v) is 7.47. The first kappa shape index (κ1) is 20.0. The van der Waals surface area contributed by atoms with Crippen molar-refractivity contribution in [3.05, 3.63) is 89.2 Å². The van der Waals surface area contributed by atoms with E-state index >= 15 is 0 Å². The summed E-state index contributed by atoms with van der Waals surface area (Å²) in [5.41, 5.74) is 4.53. The number of nitrogens with zero attached hydrogens (tertiary/aromatic N) is 2. The molecule has 4 rings (SSSR count). The number of amides is 1. The number of ether oxygens (including phenoxy) is 2. The van der Waals surface area contributed by atoms with Crippen molar-refractivity contribution in [2.24, 2.45) is 0 Å². The second kappa shape index (κ2) is 9.44. The lowest BCUT2D eigenvalue weighted by atomic mass is 10.1. The lowest BCUT2D eigenvalue weighted by Gasteiger charge is -2.23. The van der Waals surface area contributed by atoms with Crippen molar-refractivity contribution in [2.75, 3.05) is 6.79 Å². The van der Waals surface area contributed by atoms with E-state index in [1.54, 1.807) is 6.20 Å². The summed E-state index contributed by atoms with van der Waals surface area (Å²) in [6.07, 6.45) is 5.67. The predicted molar refractivity (Wildman–Crippen MR) is 115 cm³/mol. The van der Waals surface area contributed by atoms with Crippen molar-refractivity contribution < 1.29 is 14.3 Å². The summed E-state index contributed by atoms with van der Waals surface area (Å²) < 4.78 is 10.8. The topological polar surface area (TPSA) is 51.7 Å². The van der Waals surface area contributed by atoms with Crippen LogP contribution in [0.25, 0.3) is 0 Å². The minimum absolute atomic E-state index is 0.121. The lowest BCUT2D eigenvalue weighted by molar-refractivity contribution is -0.132. The van der Waals surface area contributed by atoms with Gasteiger partial charge in [0, 0.05) is 31.9 Å². The van der Waals surface area contributed by atoms with E-state index in [1.807, 2.05) is 41.4 Å². The standard InChI is InChI=1S/C25H26N2O3/c1-2-19-5-7-21(8-6-19)16-27(17-22-4-3-13-26-15-22)25(28)12-10-20-9-11-23-24(14-20)30-18-29-23/h3-9,11,13-15H,2,10,12,16-18H2,1H3. The number of carbonyl (C=O) groups excluding carboxylic acids is 1. The van der Waals surface area contributed by atoms with Gasteiger partial charge in [-0.1, -0.05) is 43.3 Å². The molecule has 1 aromatic heterocycles. The fourth-order valence-corrected chi connectivity index (χ4v) is 3.55. The van der Waals surface area contributed by atoms with Crippen LogP contribution in [0.15, 0.2) is 67.0 Å². The average molecular weight is 402 g/mol. The summed E-state index contributed by atoms with van der Waals surface area (Å²) >= 11 is 0. The minimum Gasteiger partial charge on any atom is -0.454 e. The molecule has 0 atom stereocenters. The Bertz CT molecular complexity index is 987. The maximum absolute atomic E-state index is 13.1. The van der Waals surface area contributed by atoms with E-state index in [4.69, 9.17) is 9.47 Å². The molecule has 0 bridgehead atoms. The highest BCUT2D eigenvalue weighted by atomic mass is 16.7. The van der Waals surface area contributed by atoms with Crippen molar-refractivity contribution in [1.82, 2.24) is 9.88 Å². The molecule has 2 aromatic carbocycles. The van der Waals surface area contributed by atoms with Gasteiger partial charge in [-0.15, -0.1) is 0 Å². The molecule has 3 aromatic rings. The van der Waals surface area contributed by atoms with Crippen molar-refractivity contribution in [3.8, 4) is 11.5 Å². The Kier molecular flexibility index (Phi) is 6.28. The van der Waals surface area contributed by atoms with Gasteiger partial charge in [-0.3, -0.25) is 9.78 Å². The van der Waals surface area contributed by atoms with Crippen LogP contribution >= 0.6 is 0 Å². The molecular formula is C25H26N2O3. The highest BCUT2D eigenvalue weighted by Gasteiger charge is 2.17. The zero-order valence-electron chi connectivity index (χ0n) is 17.2. The van der Waals surface area contributed by atoms with Gasteiger partial charge in [0.2, 0.25) is 12.7 Å². The number of hydrogen-bond acceptors (Lipinski definition) is 4. The van der Waals surface area contributed by atoms with Gasteiger partial charge in [0.15, 0.2) is 11.5 Å². The number of rotatable bonds is 8. The summed E-state index contributed by atoms with van der Waals surface area (Å²) in [5.74, 6) is 1.64. The molecule has 0 N–H and O–H groups in total. The van der Waals surface area contributed by atoms with Crippen LogP contribution in [0, 0.1) is 0 Å². The van der Waals surface area contributed by atoms with Crippen LogP contribution in [0.4, 0.5) is 0 Å². The minimum atomic E-state index is 0.121. The number of benzene rings is 2. The number of fused-ring (bicyclic) bond motifs is 1.